The number of alkyl halides is 4. The van der Waals surface area contributed by atoms with Gasteiger partial charge in [0, 0.05) is 6.42 Å². The summed E-state index contributed by atoms with van der Waals surface area (Å²) >= 11 is 3.56. The number of benzene rings is 2. The first-order valence-electron chi connectivity index (χ1n) is 6.52. The van der Waals surface area contributed by atoms with Gasteiger partial charge in [0.2, 0.25) is 0 Å². The quantitative estimate of drug-likeness (QED) is 0.678. The second-order valence-electron chi connectivity index (χ2n) is 4.95. The van der Waals surface area contributed by atoms with E-state index in [1.54, 1.807) is 0 Å². The lowest BCUT2D eigenvalue weighted by molar-refractivity contribution is -0.137. The molecule has 0 bridgehead atoms. The summed E-state index contributed by atoms with van der Waals surface area (Å²) < 4.78 is 43.2. The maximum Gasteiger partial charge on any atom is 0.416 e. The third-order valence-electron chi connectivity index (χ3n) is 3.54. The number of rotatable bonds is 2. The van der Waals surface area contributed by atoms with E-state index >= 15 is 0 Å². The molecule has 0 radical (unpaired) electrons. The van der Waals surface area contributed by atoms with E-state index in [-0.39, 0.29) is 4.83 Å². The standard InChI is InChI=1S/C16H12BrF3O/c17-15(10-1-4-13(5-2-10)16(18,19)20)12-3-6-14-11(9-12)7-8-21-14/h1-6,9,15H,7-8H2. The Kier molecular flexibility index (Phi) is 3.69. The second-order valence-corrected chi connectivity index (χ2v) is 5.86. The molecule has 0 saturated heterocycles. The molecule has 1 unspecified atom stereocenters. The minimum absolute atomic E-state index is 0.134. The molecule has 2 aromatic carbocycles. The summed E-state index contributed by atoms with van der Waals surface area (Å²) in [7, 11) is 0. The van der Waals surface area contributed by atoms with Crippen molar-refractivity contribution in [1.82, 2.24) is 0 Å². The molecule has 110 valence electrons. The van der Waals surface area contributed by atoms with Crippen molar-refractivity contribution in [2.45, 2.75) is 17.4 Å². The van der Waals surface area contributed by atoms with Crippen LogP contribution in [0, 0.1) is 0 Å². The summed E-state index contributed by atoms with van der Waals surface area (Å²) in [6.45, 7) is 0.687. The third-order valence-corrected chi connectivity index (χ3v) is 4.59. The lowest BCUT2D eigenvalue weighted by Gasteiger charge is -2.13. The van der Waals surface area contributed by atoms with Crippen molar-refractivity contribution < 1.29 is 17.9 Å². The monoisotopic (exact) mass is 356 g/mol. The van der Waals surface area contributed by atoms with E-state index in [2.05, 4.69) is 15.9 Å². The van der Waals surface area contributed by atoms with Crippen molar-refractivity contribution in [1.29, 1.82) is 0 Å². The highest BCUT2D eigenvalue weighted by Crippen LogP contribution is 2.36. The minimum Gasteiger partial charge on any atom is -0.493 e. The first kappa shape index (κ1) is 14.4. The van der Waals surface area contributed by atoms with E-state index in [0.29, 0.717) is 6.61 Å². The van der Waals surface area contributed by atoms with Crippen LogP contribution >= 0.6 is 15.9 Å². The summed E-state index contributed by atoms with van der Waals surface area (Å²) in [5, 5.41) is 0. The Hall–Kier alpha value is -1.49. The molecule has 0 fully saturated rings. The van der Waals surface area contributed by atoms with Crippen molar-refractivity contribution in [3.8, 4) is 5.75 Å². The van der Waals surface area contributed by atoms with E-state index in [1.807, 2.05) is 18.2 Å². The van der Waals surface area contributed by atoms with Crippen LogP contribution in [0.15, 0.2) is 42.5 Å². The van der Waals surface area contributed by atoms with Gasteiger partial charge in [-0.3, -0.25) is 0 Å². The molecule has 0 N–H and O–H groups in total. The van der Waals surface area contributed by atoms with Gasteiger partial charge in [0.25, 0.3) is 0 Å². The molecule has 1 atom stereocenters. The number of ether oxygens (including phenoxy) is 1. The highest BCUT2D eigenvalue weighted by Gasteiger charge is 2.30. The van der Waals surface area contributed by atoms with Crippen molar-refractivity contribution in [3.63, 3.8) is 0 Å². The van der Waals surface area contributed by atoms with Crippen LogP contribution in [-0.4, -0.2) is 6.61 Å². The Bertz CT molecular complexity index is 650. The molecule has 2 aromatic rings. The van der Waals surface area contributed by atoms with E-state index in [9.17, 15) is 13.2 Å². The molecule has 0 amide bonds. The largest absolute Gasteiger partial charge is 0.493 e. The lowest BCUT2D eigenvalue weighted by atomic mass is 10.0. The normalized spacial score (nSPS) is 15.4. The summed E-state index contributed by atoms with van der Waals surface area (Å²) in [6, 6.07) is 11.1. The summed E-state index contributed by atoms with van der Waals surface area (Å²) in [5.41, 5.74) is 2.32. The molecule has 0 spiro atoms. The van der Waals surface area contributed by atoms with Gasteiger partial charge in [-0.1, -0.05) is 40.2 Å². The maximum absolute atomic E-state index is 12.6. The summed E-state index contributed by atoms with van der Waals surface area (Å²) in [6.07, 6.45) is -3.43. The van der Waals surface area contributed by atoms with Crippen molar-refractivity contribution in [2.24, 2.45) is 0 Å². The first-order chi connectivity index (χ1) is 9.95. The average Bonchev–Trinajstić information content (AvgIpc) is 2.93. The van der Waals surface area contributed by atoms with E-state index in [0.717, 1.165) is 41.0 Å². The fraction of sp³-hybridized carbons (Fsp3) is 0.250. The van der Waals surface area contributed by atoms with Gasteiger partial charge in [0.1, 0.15) is 5.75 Å². The van der Waals surface area contributed by atoms with E-state index in [1.165, 1.54) is 12.1 Å². The lowest BCUT2D eigenvalue weighted by Crippen LogP contribution is -2.05. The zero-order valence-electron chi connectivity index (χ0n) is 11.0. The van der Waals surface area contributed by atoms with Crippen LogP contribution in [0.25, 0.3) is 0 Å². The highest BCUT2D eigenvalue weighted by atomic mass is 79.9. The van der Waals surface area contributed by atoms with Gasteiger partial charge in [0.05, 0.1) is 17.0 Å². The first-order valence-corrected chi connectivity index (χ1v) is 7.43. The van der Waals surface area contributed by atoms with Gasteiger partial charge in [-0.05, 0) is 34.9 Å². The van der Waals surface area contributed by atoms with Gasteiger partial charge in [-0.25, -0.2) is 0 Å². The topological polar surface area (TPSA) is 9.23 Å². The number of halogens is 4. The zero-order valence-corrected chi connectivity index (χ0v) is 12.5. The fourth-order valence-electron chi connectivity index (χ4n) is 2.40. The van der Waals surface area contributed by atoms with Crippen LogP contribution in [0.2, 0.25) is 0 Å². The molecule has 1 aliphatic rings. The van der Waals surface area contributed by atoms with Crippen molar-refractivity contribution >= 4 is 15.9 Å². The van der Waals surface area contributed by atoms with Crippen molar-refractivity contribution in [3.05, 3.63) is 64.7 Å². The maximum atomic E-state index is 12.6. The zero-order chi connectivity index (χ0) is 15.0. The average molecular weight is 357 g/mol. The smallest absolute Gasteiger partial charge is 0.416 e. The van der Waals surface area contributed by atoms with Gasteiger partial charge in [-0.15, -0.1) is 0 Å². The Labute approximate surface area is 128 Å². The summed E-state index contributed by atoms with van der Waals surface area (Å²) in [5.74, 6) is 0.894. The minimum atomic E-state index is -4.30. The Balaban J connectivity index is 1.86. The Morgan fingerprint density at radius 3 is 2.33 bits per heavy atom. The van der Waals surface area contributed by atoms with Gasteiger partial charge in [0.15, 0.2) is 0 Å². The predicted molar refractivity (Wildman–Crippen MR) is 77.9 cm³/mol. The molecular weight excluding hydrogens is 345 g/mol. The molecule has 1 aliphatic heterocycles. The van der Waals surface area contributed by atoms with Gasteiger partial charge >= 0.3 is 6.18 Å². The van der Waals surface area contributed by atoms with Crippen LogP contribution in [0.3, 0.4) is 0 Å². The molecular formula is C16H12BrF3O. The van der Waals surface area contributed by atoms with Crippen LogP contribution in [0.1, 0.15) is 27.1 Å². The molecule has 1 heterocycles. The SMILES string of the molecule is FC(F)(F)c1ccc(C(Br)c2ccc3c(c2)CCO3)cc1. The van der Waals surface area contributed by atoms with Crippen LogP contribution in [0.5, 0.6) is 5.75 Å². The second kappa shape index (κ2) is 5.37. The molecule has 0 aromatic heterocycles. The molecule has 0 saturated carbocycles. The van der Waals surface area contributed by atoms with Crippen LogP contribution in [0.4, 0.5) is 13.2 Å². The van der Waals surface area contributed by atoms with Crippen LogP contribution in [-0.2, 0) is 12.6 Å². The van der Waals surface area contributed by atoms with Gasteiger partial charge < -0.3 is 4.74 Å². The summed E-state index contributed by atoms with van der Waals surface area (Å²) in [4.78, 5) is -0.134. The van der Waals surface area contributed by atoms with Crippen LogP contribution < -0.4 is 4.74 Å². The fourth-order valence-corrected chi connectivity index (χ4v) is 2.99. The number of hydrogen-bond donors (Lipinski definition) is 0. The highest BCUT2D eigenvalue weighted by molar-refractivity contribution is 9.09. The molecule has 0 aliphatic carbocycles. The molecule has 21 heavy (non-hydrogen) atoms. The molecule has 1 nitrogen and oxygen atoms in total. The number of fused-ring (bicyclic) bond motifs is 1. The van der Waals surface area contributed by atoms with E-state index in [4.69, 9.17) is 4.74 Å². The predicted octanol–water partition coefficient (Wildman–Crippen LogP) is 5.12. The third kappa shape index (κ3) is 2.93. The number of hydrogen-bond acceptors (Lipinski definition) is 1. The molecule has 3 rings (SSSR count). The van der Waals surface area contributed by atoms with Gasteiger partial charge in [-0.2, -0.15) is 13.2 Å². The molecule has 5 heteroatoms. The Morgan fingerprint density at radius 1 is 1.00 bits per heavy atom. The Morgan fingerprint density at radius 2 is 1.67 bits per heavy atom. The van der Waals surface area contributed by atoms with E-state index < -0.39 is 11.7 Å². The van der Waals surface area contributed by atoms with Crippen molar-refractivity contribution in [2.75, 3.05) is 6.61 Å².